The molecule has 0 radical (unpaired) electrons. The van der Waals surface area contributed by atoms with Crippen LogP contribution in [0.3, 0.4) is 0 Å². The predicted octanol–water partition coefficient (Wildman–Crippen LogP) is 23.4. The molecule has 1 amide bonds. The number of aliphatic hydroxyl groups excluding tert-OH is 2. The Labute approximate surface area is 466 Å². The molecule has 0 spiro atoms. The normalized spacial score (nSPS) is 12.8. The first-order valence-electron chi connectivity index (χ1n) is 34.6. The van der Waals surface area contributed by atoms with E-state index in [-0.39, 0.29) is 12.5 Å². The molecule has 440 valence electrons. The highest BCUT2D eigenvalue weighted by Crippen LogP contribution is 2.19. The zero-order valence-corrected chi connectivity index (χ0v) is 50.9. The van der Waals surface area contributed by atoms with Gasteiger partial charge in [-0.05, 0) is 32.1 Å². The molecule has 4 nitrogen and oxygen atoms in total. The Morgan fingerprint density at radius 3 is 0.784 bits per heavy atom. The lowest BCUT2D eigenvalue weighted by Gasteiger charge is -2.19. The fraction of sp³-hybridized carbons (Fsp3) is 0.929. The van der Waals surface area contributed by atoms with E-state index in [2.05, 4.69) is 31.3 Å². The summed E-state index contributed by atoms with van der Waals surface area (Å²) in [6, 6.07) is -0.638. The lowest BCUT2D eigenvalue weighted by atomic mass is 10.0. The van der Waals surface area contributed by atoms with E-state index in [4.69, 9.17) is 0 Å². The van der Waals surface area contributed by atoms with Crippen LogP contribution in [0.15, 0.2) is 24.3 Å². The molecule has 0 saturated carbocycles. The molecule has 0 heterocycles. The van der Waals surface area contributed by atoms with Gasteiger partial charge in [0.1, 0.15) is 0 Å². The fourth-order valence-corrected chi connectivity index (χ4v) is 11.2. The molecule has 4 heteroatoms. The van der Waals surface area contributed by atoms with Gasteiger partial charge in [0.05, 0.1) is 18.8 Å². The van der Waals surface area contributed by atoms with Crippen LogP contribution in [0, 0.1) is 0 Å². The minimum Gasteiger partial charge on any atom is -0.394 e. The molecule has 2 unspecified atom stereocenters. The van der Waals surface area contributed by atoms with Crippen LogP contribution in [0.2, 0.25) is 0 Å². The van der Waals surface area contributed by atoms with E-state index in [1.54, 1.807) is 6.08 Å². The van der Waals surface area contributed by atoms with Crippen molar-refractivity contribution in [2.24, 2.45) is 0 Å². The molecule has 0 saturated heterocycles. The van der Waals surface area contributed by atoms with E-state index < -0.39 is 12.1 Å². The third kappa shape index (κ3) is 61.7. The number of carbonyl (C=O) groups is 1. The maximum Gasteiger partial charge on any atom is 0.220 e. The van der Waals surface area contributed by atoms with E-state index in [1.807, 2.05) is 6.08 Å². The van der Waals surface area contributed by atoms with E-state index in [0.29, 0.717) is 6.42 Å². The van der Waals surface area contributed by atoms with Gasteiger partial charge in [0.15, 0.2) is 0 Å². The number of allylic oxidation sites excluding steroid dienone is 3. The number of nitrogens with one attached hydrogen (secondary N) is 1. The van der Waals surface area contributed by atoms with Crippen LogP contribution in [0.5, 0.6) is 0 Å². The van der Waals surface area contributed by atoms with Gasteiger partial charge < -0.3 is 15.5 Å². The van der Waals surface area contributed by atoms with Gasteiger partial charge in [0, 0.05) is 6.42 Å². The molecule has 0 bridgehead atoms. The highest BCUT2D eigenvalue weighted by atomic mass is 16.3. The van der Waals surface area contributed by atoms with Gasteiger partial charge in [-0.15, -0.1) is 0 Å². The second kappa shape index (κ2) is 66.2. The van der Waals surface area contributed by atoms with Crippen LogP contribution in [-0.2, 0) is 4.79 Å². The second-order valence-corrected chi connectivity index (χ2v) is 24.0. The molecule has 0 aromatic rings. The number of amides is 1. The standard InChI is InChI=1S/C70H137NO3/c1-3-5-7-9-11-13-15-17-19-21-23-25-27-29-31-32-33-34-35-36-37-38-40-42-44-46-48-50-52-54-56-58-60-62-64-66-70(74)71-68(67-72)69(73)65-63-61-59-57-55-53-51-49-47-45-43-41-39-30-28-26-24-22-20-18-16-14-12-10-8-6-4-2/h55,57,63,65,68-69,72-73H,3-54,56,58-62,64,66-67H2,1-2H3,(H,71,74)/b57-55+,65-63+. The van der Waals surface area contributed by atoms with Crippen molar-refractivity contribution in [3.8, 4) is 0 Å². The van der Waals surface area contributed by atoms with E-state index >= 15 is 0 Å². The third-order valence-corrected chi connectivity index (χ3v) is 16.4. The smallest absolute Gasteiger partial charge is 0.220 e. The molecule has 0 aliphatic heterocycles. The molecule has 0 aliphatic carbocycles. The van der Waals surface area contributed by atoms with Crippen molar-refractivity contribution in [1.29, 1.82) is 0 Å². The Morgan fingerprint density at radius 2 is 0.527 bits per heavy atom. The summed E-state index contributed by atoms with van der Waals surface area (Å²) >= 11 is 0. The first-order valence-corrected chi connectivity index (χ1v) is 34.6. The van der Waals surface area contributed by atoms with Gasteiger partial charge in [0.2, 0.25) is 5.91 Å². The summed E-state index contributed by atoms with van der Waals surface area (Å²) in [5.74, 6) is -0.0642. The SMILES string of the molecule is CCCCCCCCCCCCCCCCCCCCCCC/C=C/CC/C=C/C(O)C(CO)NC(=O)CCCCCCCCCCCCCCCCCCCCCCCCCCCCCCCCCCCCC. The zero-order chi connectivity index (χ0) is 53.4. The molecule has 0 aliphatic rings. The molecule has 2 atom stereocenters. The monoisotopic (exact) mass is 1040 g/mol. The molecule has 0 rings (SSSR count). The number of rotatable bonds is 65. The van der Waals surface area contributed by atoms with Crippen molar-refractivity contribution in [3.05, 3.63) is 24.3 Å². The van der Waals surface area contributed by atoms with Gasteiger partial charge in [-0.3, -0.25) is 4.79 Å². The minimum atomic E-state index is -0.861. The topological polar surface area (TPSA) is 69.6 Å². The molecule has 0 fully saturated rings. The van der Waals surface area contributed by atoms with Crippen molar-refractivity contribution < 1.29 is 15.0 Å². The molecular weight excluding hydrogens is 903 g/mol. The van der Waals surface area contributed by atoms with Crippen LogP contribution in [0.1, 0.15) is 399 Å². The average Bonchev–Trinajstić information content (AvgIpc) is 3.40. The summed E-state index contributed by atoms with van der Waals surface area (Å²) in [6.07, 6.45) is 89.9. The molecule has 0 aromatic heterocycles. The zero-order valence-electron chi connectivity index (χ0n) is 50.9. The lowest BCUT2D eigenvalue weighted by molar-refractivity contribution is -0.123. The van der Waals surface area contributed by atoms with Crippen molar-refractivity contribution in [2.45, 2.75) is 411 Å². The van der Waals surface area contributed by atoms with Gasteiger partial charge in [-0.1, -0.05) is 385 Å². The Balaban J connectivity index is 3.42. The Morgan fingerprint density at radius 1 is 0.311 bits per heavy atom. The van der Waals surface area contributed by atoms with Crippen LogP contribution in [0.25, 0.3) is 0 Å². The summed E-state index contributed by atoms with van der Waals surface area (Å²) in [4.78, 5) is 12.5. The highest BCUT2D eigenvalue weighted by molar-refractivity contribution is 5.76. The van der Waals surface area contributed by atoms with Crippen LogP contribution < -0.4 is 5.32 Å². The Hall–Kier alpha value is -1.13. The summed E-state index contributed by atoms with van der Waals surface area (Å²) in [6.45, 7) is 4.35. The van der Waals surface area contributed by atoms with Crippen molar-refractivity contribution in [3.63, 3.8) is 0 Å². The maximum atomic E-state index is 12.5. The van der Waals surface area contributed by atoms with E-state index in [1.165, 1.54) is 347 Å². The molecule has 74 heavy (non-hydrogen) atoms. The number of aliphatic hydroxyl groups is 2. The average molecular weight is 1040 g/mol. The van der Waals surface area contributed by atoms with Gasteiger partial charge in [-0.25, -0.2) is 0 Å². The first-order chi connectivity index (χ1) is 36.7. The van der Waals surface area contributed by atoms with E-state index in [9.17, 15) is 15.0 Å². The largest absolute Gasteiger partial charge is 0.394 e. The highest BCUT2D eigenvalue weighted by Gasteiger charge is 2.18. The lowest BCUT2D eigenvalue weighted by Crippen LogP contribution is -2.45. The van der Waals surface area contributed by atoms with Crippen LogP contribution in [0.4, 0.5) is 0 Å². The summed E-state index contributed by atoms with van der Waals surface area (Å²) in [5.41, 5.74) is 0. The summed E-state index contributed by atoms with van der Waals surface area (Å²) in [7, 11) is 0. The van der Waals surface area contributed by atoms with Crippen molar-refractivity contribution in [2.75, 3.05) is 6.61 Å². The molecular formula is C70H137NO3. The second-order valence-electron chi connectivity index (χ2n) is 24.0. The van der Waals surface area contributed by atoms with Gasteiger partial charge >= 0.3 is 0 Å². The van der Waals surface area contributed by atoms with E-state index in [0.717, 1.165) is 32.1 Å². The minimum absolute atomic E-state index is 0.0642. The summed E-state index contributed by atoms with van der Waals surface area (Å²) < 4.78 is 0. The fourth-order valence-electron chi connectivity index (χ4n) is 11.2. The third-order valence-electron chi connectivity index (χ3n) is 16.4. The van der Waals surface area contributed by atoms with Crippen molar-refractivity contribution in [1.82, 2.24) is 5.32 Å². The van der Waals surface area contributed by atoms with Gasteiger partial charge in [0.25, 0.3) is 0 Å². The predicted molar refractivity (Wildman–Crippen MR) is 332 cm³/mol. The molecule has 3 N–H and O–H groups in total. The van der Waals surface area contributed by atoms with Gasteiger partial charge in [-0.2, -0.15) is 0 Å². The number of hydrogen-bond donors (Lipinski definition) is 3. The quantitative estimate of drug-likeness (QED) is 0.0420. The Bertz CT molecular complexity index is 1090. The van der Waals surface area contributed by atoms with Crippen LogP contribution in [-0.4, -0.2) is 34.9 Å². The summed E-state index contributed by atoms with van der Waals surface area (Å²) in [5, 5.41) is 23.3. The first kappa shape index (κ1) is 72.9. The maximum absolute atomic E-state index is 12.5. The van der Waals surface area contributed by atoms with Crippen LogP contribution >= 0.6 is 0 Å². The number of carbonyl (C=O) groups excluding carboxylic acids is 1. The number of unbranched alkanes of at least 4 members (excludes halogenated alkanes) is 56. The molecule has 0 aromatic carbocycles. The number of hydrogen-bond acceptors (Lipinski definition) is 3. The Kier molecular flexibility index (Phi) is 65.1. The van der Waals surface area contributed by atoms with Crippen molar-refractivity contribution >= 4 is 5.91 Å².